The van der Waals surface area contributed by atoms with Gasteiger partial charge in [-0.3, -0.25) is 4.79 Å². The Morgan fingerprint density at radius 1 is 1.30 bits per heavy atom. The number of fused-ring (bicyclic) bond motifs is 1. The third-order valence-corrected chi connectivity index (χ3v) is 4.30. The molecule has 2 heterocycles. The molecule has 142 valence electrons. The highest BCUT2D eigenvalue weighted by Crippen LogP contribution is 2.25. The molecular formula is C20H23N3O4. The lowest BCUT2D eigenvalue weighted by atomic mass is 10.1. The van der Waals surface area contributed by atoms with Crippen molar-refractivity contribution in [1.29, 1.82) is 0 Å². The highest BCUT2D eigenvalue weighted by molar-refractivity contribution is 6.07. The van der Waals surface area contributed by atoms with Gasteiger partial charge >= 0.3 is 5.97 Å². The molecule has 0 aliphatic rings. The van der Waals surface area contributed by atoms with Gasteiger partial charge in [-0.05, 0) is 44.5 Å². The molecule has 3 rings (SSSR count). The van der Waals surface area contributed by atoms with Gasteiger partial charge in [-0.25, -0.2) is 9.78 Å². The Bertz CT molecular complexity index is 1010. The van der Waals surface area contributed by atoms with Crippen LogP contribution in [0.4, 0.5) is 5.69 Å². The lowest BCUT2D eigenvalue weighted by Gasteiger charge is -2.05. The van der Waals surface area contributed by atoms with Crippen LogP contribution in [0.3, 0.4) is 0 Å². The molecule has 0 unspecified atom stereocenters. The molecule has 27 heavy (non-hydrogen) atoms. The molecule has 0 radical (unpaired) electrons. The van der Waals surface area contributed by atoms with Crippen LogP contribution in [0.15, 0.2) is 22.6 Å². The van der Waals surface area contributed by atoms with Crippen molar-refractivity contribution in [1.82, 2.24) is 9.97 Å². The second-order valence-electron chi connectivity index (χ2n) is 6.69. The fraction of sp³-hybridized carbons (Fsp3) is 0.350. The van der Waals surface area contributed by atoms with Crippen LogP contribution in [-0.4, -0.2) is 28.5 Å². The Kier molecular flexibility index (Phi) is 5.03. The van der Waals surface area contributed by atoms with E-state index in [9.17, 15) is 9.59 Å². The van der Waals surface area contributed by atoms with Gasteiger partial charge in [0.1, 0.15) is 11.2 Å². The number of nitrogens with one attached hydrogen (secondary N) is 2. The van der Waals surface area contributed by atoms with Crippen LogP contribution in [0.1, 0.15) is 64.7 Å². The first-order chi connectivity index (χ1) is 12.8. The van der Waals surface area contributed by atoms with Crippen LogP contribution in [0, 0.1) is 13.8 Å². The van der Waals surface area contributed by atoms with Crippen molar-refractivity contribution in [2.45, 2.75) is 40.5 Å². The number of aromatic amines is 1. The van der Waals surface area contributed by atoms with Crippen LogP contribution < -0.4 is 5.32 Å². The third-order valence-electron chi connectivity index (χ3n) is 4.30. The van der Waals surface area contributed by atoms with Crippen LogP contribution in [-0.2, 0) is 4.74 Å². The van der Waals surface area contributed by atoms with Gasteiger partial charge in [0.25, 0.3) is 5.91 Å². The highest BCUT2D eigenvalue weighted by atomic mass is 16.5. The molecule has 0 fully saturated rings. The summed E-state index contributed by atoms with van der Waals surface area (Å²) in [5.41, 5.74) is 3.85. The molecule has 0 saturated heterocycles. The van der Waals surface area contributed by atoms with Crippen molar-refractivity contribution in [3.8, 4) is 0 Å². The summed E-state index contributed by atoms with van der Waals surface area (Å²) in [6.45, 7) is 9.50. The molecule has 2 N–H and O–H groups in total. The number of rotatable bonds is 5. The summed E-state index contributed by atoms with van der Waals surface area (Å²) in [4.78, 5) is 32.2. The van der Waals surface area contributed by atoms with Crippen molar-refractivity contribution >= 4 is 28.7 Å². The minimum atomic E-state index is -0.437. The van der Waals surface area contributed by atoms with Crippen LogP contribution in [0.2, 0.25) is 0 Å². The second-order valence-corrected chi connectivity index (χ2v) is 6.69. The summed E-state index contributed by atoms with van der Waals surface area (Å²) in [6.07, 6.45) is 0. The van der Waals surface area contributed by atoms with E-state index in [1.54, 1.807) is 39.0 Å². The van der Waals surface area contributed by atoms with E-state index in [-0.39, 0.29) is 18.4 Å². The summed E-state index contributed by atoms with van der Waals surface area (Å²) in [7, 11) is 0. The summed E-state index contributed by atoms with van der Waals surface area (Å²) < 4.78 is 10.7. The standard InChI is InChI=1S/C20H23N3O4/c1-6-26-20(25)16-11(4)17(21-12(16)5)18(24)22-13-7-8-15-14(9-13)23-19(27-15)10(2)3/h7-10,21H,6H2,1-5H3,(H,22,24). The number of anilines is 1. The van der Waals surface area contributed by atoms with Gasteiger partial charge in [-0.15, -0.1) is 0 Å². The molecular weight excluding hydrogens is 346 g/mol. The van der Waals surface area contributed by atoms with Crippen LogP contribution in [0.25, 0.3) is 11.1 Å². The number of aryl methyl sites for hydroxylation is 1. The van der Waals surface area contributed by atoms with E-state index in [2.05, 4.69) is 15.3 Å². The quantitative estimate of drug-likeness (QED) is 0.653. The van der Waals surface area contributed by atoms with Crippen LogP contribution in [0.5, 0.6) is 0 Å². The SMILES string of the molecule is CCOC(=O)c1c(C)[nH]c(C(=O)Nc2ccc3oc(C(C)C)nc3c2)c1C. The normalized spacial score (nSPS) is 11.2. The topological polar surface area (TPSA) is 97.2 Å². The summed E-state index contributed by atoms with van der Waals surface area (Å²) in [5, 5.41) is 2.84. The van der Waals surface area contributed by atoms with Crippen molar-refractivity contribution in [2.24, 2.45) is 0 Å². The summed E-state index contributed by atoms with van der Waals surface area (Å²) >= 11 is 0. The molecule has 0 aliphatic carbocycles. The number of hydrogen-bond acceptors (Lipinski definition) is 5. The molecule has 2 aromatic heterocycles. The average molecular weight is 369 g/mol. The zero-order valence-corrected chi connectivity index (χ0v) is 16.1. The molecule has 0 atom stereocenters. The predicted octanol–water partition coefficient (Wildman–Crippen LogP) is 4.33. The number of esters is 1. The zero-order valence-electron chi connectivity index (χ0n) is 16.1. The Morgan fingerprint density at radius 3 is 2.70 bits per heavy atom. The van der Waals surface area contributed by atoms with E-state index >= 15 is 0 Å². The second kappa shape index (κ2) is 7.26. The highest BCUT2D eigenvalue weighted by Gasteiger charge is 2.23. The van der Waals surface area contributed by atoms with E-state index < -0.39 is 5.97 Å². The number of nitrogens with zero attached hydrogens (tertiary/aromatic N) is 1. The number of ether oxygens (including phenoxy) is 1. The number of carbonyl (C=O) groups is 2. The van der Waals surface area contributed by atoms with Crippen molar-refractivity contribution in [3.63, 3.8) is 0 Å². The van der Waals surface area contributed by atoms with E-state index in [1.165, 1.54) is 0 Å². The minimum Gasteiger partial charge on any atom is -0.462 e. The van der Waals surface area contributed by atoms with Gasteiger partial charge in [-0.1, -0.05) is 13.8 Å². The molecule has 0 bridgehead atoms. The number of hydrogen-bond donors (Lipinski definition) is 2. The fourth-order valence-electron chi connectivity index (χ4n) is 2.95. The molecule has 0 saturated carbocycles. The number of benzene rings is 1. The third kappa shape index (κ3) is 3.58. The molecule has 0 spiro atoms. The van der Waals surface area contributed by atoms with E-state index in [0.717, 1.165) is 0 Å². The number of oxazole rings is 1. The average Bonchev–Trinajstić information content (AvgIpc) is 3.15. The maximum atomic E-state index is 12.7. The van der Waals surface area contributed by atoms with Gasteiger partial charge in [0, 0.05) is 17.3 Å². The fourth-order valence-corrected chi connectivity index (χ4v) is 2.95. The maximum Gasteiger partial charge on any atom is 0.340 e. The molecule has 1 amide bonds. The summed E-state index contributed by atoms with van der Waals surface area (Å²) in [6, 6.07) is 5.30. The van der Waals surface area contributed by atoms with Crippen molar-refractivity contribution in [3.05, 3.63) is 46.6 Å². The van der Waals surface area contributed by atoms with Crippen LogP contribution >= 0.6 is 0 Å². The Morgan fingerprint density at radius 2 is 2.04 bits per heavy atom. The first-order valence-electron chi connectivity index (χ1n) is 8.90. The lowest BCUT2D eigenvalue weighted by molar-refractivity contribution is 0.0525. The number of aromatic nitrogens is 2. The van der Waals surface area contributed by atoms with Crippen molar-refractivity contribution in [2.75, 3.05) is 11.9 Å². The van der Waals surface area contributed by atoms with Gasteiger partial charge < -0.3 is 19.5 Å². The monoisotopic (exact) mass is 369 g/mol. The van der Waals surface area contributed by atoms with Gasteiger partial charge in [0.05, 0.1) is 12.2 Å². The number of carbonyl (C=O) groups excluding carboxylic acids is 2. The predicted molar refractivity (Wildman–Crippen MR) is 102 cm³/mol. The molecule has 0 aliphatic heterocycles. The van der Waals surface area contributed by atoms with E-state index in [1.807, 2.05) is 13.8 Å². The van der Waals surface area contributed by atoms with Crippen molar-refractivity contribution < 1.29 is 18.7 Å². The summed E-state index contributed by atoms with van der Waals surface area (Å²) in [5.74, 6) is 0.0655. The van der Waals surface area contributed by atoms with Gasteiger partial charge in [0.2, 0.25) is 0 Å². The lowest BCUT2D eigenvalue weighted by Crippen LogP contribution is -2.14. The van der Waals surface area contributed by atoms with Gasteiger partial charge in [-0.2, -0.15) is 0 Å². The molecule has 3 aromatic rings. The zero-order chi connectivity index (χ0) is 19.7. The molecule has 1 aromatic carbocycles. The first kappa shape index (κ1) is 18.7. The number of H-pyrrole nitrogens is 1. The number of amides is 1. The largest absolute Gasteiger partial charge is 0.462 e. The van der Waals surface area contributed by atoms with E-state index in [4.69, 9.17) is 9.15 Å². The Balaban J connectivity index is 1.86. The smallest absolute Gasteiger partial charge is 0.340 e. The Hall–Kier alpha value is -3.09. The Labute approximate surface area is 157 Å². The maximum absolute atomic E-state index is 12.7. The molecule has 7 heteroatoms. The minimum absolute atomic E-state index is 0.182. The first-order valence-corrected chi connectivity index (χ1v) is 8.90. The molecule has 7 nitrogen and oxygen atoms in total. The van der Waals surface area contributed by atoms with Gasteiger partial charge in [0.15, 0.2) is 11.5 Å². The van der Waals surface area contributed by atoms with E-state index in [0.29, 0.717) is 45.2 Å².